The normalized spacial score (nSPS) is 11.2. The highest BCUT2D eigenvalue weighted by molar-refractivity contribution is 6.31. The van der Waals surface area contributed by atoms with Crippen molar-refractivity contribution >= 4 is 23.5 Å². The molecule has 0 saturated carbocycles. The predicted molar refractivity (Wildman–Crippen MR) is 93.9 cm³/mol. The van der Waals surface area contributed by atoms with Crippen LogP contribution in [0.3, 0.4) is 0 Å². The van der Waals surface area contributed by atoms with E-state index in [9.17, 15) is 0 Å². The van der Waals surface area contributed by atoms with Crippen LogP contribution < -0.4 is 0 Å². The molecule has 1 aromatic heterocycles. The van der Waals surface area contributed by atoms with E-state index in [-0.39, 0.29) is 0 Å². The average molecular weight is 309 g/mol. The molecule has 0 amide bonds. The van der Waals surface area contributed by atoms with Crippen molar-refractivity contribution in [3.8, 4) is 5.69 Å². The van der Waals surface area contributed by atoms with E-state index in [0.717, 1.165) is 27.5 Å². The molecule has 0 fully saturated rings. The van der Waals surface area contributed by atoms with Gasteiger partial charge in [0.1, 0.15) is 0 Å². The second-order valence-corrected chi connectivity index (χ2v) is 5.72. The van der Waals surface area contributed by atoms with Crippen LogP contribution in [0.4, 0.5) is 5.69 Å². The number of aryl methyl sites for hydroxylation is 2. The van der Waals surface area contributed by atoms with E-state index in [2.05, 4.69) is 40.9 Å². The van der Waals surface area contributed by atoms with Gasteiger partial charge in [0.2, 0.25) is 0 Å². The van der Waals surface area contributed by atoms with Crippen LogP contribution >= 0.6 is 11.6 Å². The summed E-state index contributed by atoms with van der Waals surface area (Å²) < 4.78 is 2.16. The molecular weight excluding hydrogens is 292 g/mol. The second kappa shape index (κ2) is 6.20. The van der Waals surface area contributed by atoms with Crippen molar-refractivity contribution in [1.82, 2.24) is 4.57 Å². The summed E-state index contributed by atoms with van der Waals surface area (Å²) in [6, 6.07) is 18.2. The molecular formula is C19H17ClN2. The van der Waals surface area contributed by atoms with E-state index < -0.39 is 0 Å². The van der Waals surface area contributed by atoms with Gasteiger partial charge in [0.05, 0.1) is 5.69 Å². The van der Waals surface area contributed by atoms with Crippen LogP contribution in [0.2, 0.25) is 5.02 Å². The summed E-state index contributed by atoms with van der Waals surface area (Å²) in [4.78, 5) is 4.50. The van der Waals surface area contributed by atoms with Crippen LogP contribution in [0.1, 0.15) is 16.8 Å². The summed E-state index contributed by atoms with van der Waals surface area (Å²) in [5, 5.41) is 0.743. The van der Waals surface area contributed by atoms with E-state index in [4.69, 9.17) is 11.6 Å². The van der Waals surface area contributed by atoms with Gasteiger partial charge in [-0.05, 0) is 49.7 Å². The summed E-state index contributed by atoms with van der Waals surface area (Å²) in [5.41, 5.74) is 5.32. The van der Waals surface area contributed by atoms with Gasteiger partial charge in [-0.2, -0.15) is 0 Å². The fourth-order valence-electron chi connectivity index (χ4n) is 2.35. The van der Waals surface area contributed by atoms with Crippen molar-refractivity contribution in [2.24, 2.45) is 4.99 Å². The molecule has 2 aromatic carbocycles. The molecule has 0 spiro atoms. The van der Waals surface area contributed by atoms with E-state index in [1.165, 1.54) is 5.69 Å². The van der Waals surface area contributed by atoms with Gasteiger partial charge in [0, 0.05) is 34.4 Å². The van der Waals surface area contributed by atoms with Crippen molar-refractivity contribution in [2.45, 2.75) is 13.8 Å². The third kappa shape index (κ3) is 3.12. The van der Waals surface area contributed by atoms with Gasteiger partial charge in [0.25, 0.3) is 0 Å². The maximum atomic E-state index is 6.13. The zero-order chi connectivity index (χ0) is 15.5. The molecule has 0 aliphatic heterocycles. The van der Waals surface area contributed by atoms with Gasteiger partial charge in [-0.25, -0.2) is 0 Å². The smallest absolute Gasteiger partial charge is 0.0644 e. The Kier molecular flexibility index (Phi) is 4.12. The fourth-order valence-corrected chi connectivity index (χ4v) is 2.52. The number of aliphatic imine (C=N–C) groups is 1. The molecule has 22 heavy (non-hydrogen) atoms. The van der Waals surface area contributed by atoms with Gasteiger partial charge in [-0.3, -0.25) is 4.99 Å². The summed E-state index contributed by atoms with van der Waals surface area (Å²) in [6.45, 7) is 4.08. The van der Waals surface area contributed by atoms with Crippen LogP contribution in [0.5, 0.6) is 0 Å². The van der Waals surface area contributed by atoms with Crippen molar-refractivity contribution in [1.29, 1.82) is 0 Å². The average Bonchev–Trinajstić information content (AvgIpc) is 2.90. The highest BCUT2D eigenvalue weighted by Crippen LogP contribution is 2.22. The molecule has 110 valence electrons. The maximum Gasteiger partial charge on any atom is 0.0644 e. The Morgan fingerprint density at radius 1 is 1.00 bits per heavy atom. The van der Waals surface area contributed by atoms with E-state index >= 15 is 0 Å². The van der Waals surface area contributed by atoms with Crippen molar-refractivity contribution in [2.75, 3.05) is 0 Å². The Bertz CT molecular complexity index is 817. The number of para-hydroxylation sites is 1. The number of halogens is 1. The number of hydrogen-bond donors (Lipinski definition) is 0. The zero-order valence-corrected chi connectivity index (χ0v) is 13.4. The molecule has 3 heteroatoms. The lowest BCUT2D eigenvalue weighted by Gasteiger charge is -2.04. The minimum Gasteiger partial charge on any atom is -0.321 e. The molecule has 0 aliphatic carbocycles. The van der Waals surface area contributed by atoms with Gasteiger partial charge < -0.3 is 4.57 Å². The quantitative estimate of drug-likeness (QED) is 0.569. The lowest BCUT2D eigenvalue weighted by molar-refractivity contribution is 1.02. The molecule has 0 radical (unpaired) electrons. The number of benzene rings is 2. The Morgan fingerprint density at radius 3 is 2.50 bits per heavy atom. The Labute approximate surface area is 135 Å². The van der Waals surface area contributed by atoms with Gasteiger partial charge in [-0.1, -0.05) is 35.9 Å². The summed E-state index contributed by atoms with van der Waals surface area (Å²) in [7, 11) is 0. The molecule has 0 atom stereocenters. The molecule has 3 aromatic rings. The zero-order valence-electron chi connectivity index (χ0n) is 12.6. The first-order chi connectivity index (χ1) is 10.6. The lowest BCUT2D eigenvalue weighted by atomic mass is 10.2. The first-order valence-corrected chi connectivity index (χ1v) is 7.56. The fraction of sp³-hybridized carbons (Fsp3) is 0.105. The molecule has 3 rings (SSSR count). The standard InChI is InChI=1S/C19H17ClN2/c1-14-8-9-17(11-19(14)20)21-12-16-10-15(2)22(13-16)18-6-4-3-5-7-18/h3-13H,1-2H3. The van der Waals surface area contributed by atoms with Crippen molar-refractivity contribution in [3.05, 3.63) is 82.6 Å². The molecule has 2 nitrogen and oxygen atoms in total. The highest BCUT2D eigenvalue weighted by Gasteiger charge is 2.02. The minimum atomic E-state index is 0.743. The van der Waals surface area contributed by atoms with Crippen LogP contribution in [0.15, 0.2) is 65.8 Å². The highest BCUT2D eigenvalue weighted by atomic mass is 35.5. The Morgan fingerprint density at radius 2 is 1.77 bits per heavy atom. The Balaban J connectivity index is 1.87. The van der Waals surface area contributed by atoms with Crippen molar-refractivity contribution < 1.29 is 0 Å². The van der Waals surface area contributed by atoms with Gasteiger partial charge >= 0.3 is 0 Å². The molecule has 0 unspecified atom stereocenters. The number of rotatable bonds is 3. The molecule has 0 aliphatic rings. The number of aromatic nitrogens is 1. The van der Waals surface area contributed by atoms with E-state index in [1.807, 2.05) is 49.5 Å². The van der Waals surface area contributed by atoms with E-state index in [0.29, 0.717) is 0 Å². The van der Waals surface area contributed by atoms with Crippen LogP contribution in [-0.2, 0) is 0 Å². The summed E-state index contributed by atoms with van der Waals surface area (Å²) in [5.74, 6) is 0. The molecule has 0 bridgehead atoms. The number of nitrogens with zero attached hydrogens (tertiary/aromatic N) is 2. The largest absolute Gasteiger partial charge is 0.321 e. The molecule has 0 saturated heterocycles. The van der Waals surface area contributed by atoms with Gasteiger partial charge in [0.15, 0.2) is 0 Å². The summed E-state index contributed by atoms with van der Waals surface area (Å²) >= 11 is 6.13. The third-order valence-electron chi connectivity index (χ3n) is 3.59. The number of hydrogen-bond acceptors (Lipinski definition) is 1. The van der Waals surface area contributed by atoms with Crippen LogP contribution in [-0.4, -0.2) is 10.8 Å². The predicted octanol–water partition coefficient (Wildman–Crippen LogP) is 5.50. The second-order valence-electron chi connectivity index (χ2n) is 5.31. The molecule has 1 heterocycles. The SMILES string of the molecule is Cc1ccc(N=Cc2cc(C)n(-c3ccccc3)c2)cc1Cl. The minimum absolute atomic E-state index is 0.743. The van der Waals surface area contributed by atoms with Gasteiger partial charge in [-0.15, -0.1) is 0 Å². The monoisotopic (exact) mass is 308 g/mol. The van der Waals surface area contributed by atoms with Crippen molar-refractivity contribution in [3.63, 3.8) is 0 Å². The van der Waals surface area contributed by atoms with E-state index in [1.54, 1.807) is 0 Å². The first-order valence-electron chi connectivity index (χ1n) is 7.18. The molecule has 0 N–H and O–H groups in total. The van der Waals surface area contributed by atoms with Crippen LogP contribution in [0, 0.1) is 13.8 Å². The first kappa shape index (κ1) is 14.6. The Hall–Kier alpha value is -2.32. The van der Waals surface area contributed by atoms with Crippen LogP contribution in [0.25, 0.3) is 5.69 Å². The lowest BCUT2D eigenvalue weighted by Crippen LogP contribution is -1.93. The third-order valence-corrected chi connectivity index (χ3v) is 3.99. The maximum absolute atomic E-state index is 6.13. The summed E-state index contributed by atoms with van der Waals surface area (Å²) in [6.07, 6.45) is 3.96. The topological polar surface area (TPSA) is 17.3 Å².